The molecule has 0 aliphatic carbocycles. The van der Waals surface area contributed by atoms with E-state index in [1.165, 1.54) is 17.9 Å². The average molecular weight is 528 g/mol. The van der Waals surface area contributed by atoms with Crippen molar-refractivity contribution in [1.29, 1.82) is 0 Å². The molecule has 3 aromatic carbocycles. The molecule has 0 aliphatic heterocycles. The standard InChI is InChI=1S/C29H37NO6S/c1-37(34,35)27-10-5-8-22(17-27)6-2-3-15-36-21-24-9-4-7-23(16-24)13-14-30-19-29(33)25-11-12-28(32)26(18-25)20-31/h4-5,7-12,16-18,29-33H,2-3,6,13-15,19-21H2,1H3/t29-/m0/s1. The van der Waals surface area contributed by atoms with Gasteiger partial charge in [0.1, 0.15) is 5.75 Å². The Hall–Kier alpha value is -2.75. The third kappa shape index (κ3) is 9.57. The molecule has 200 valence electrons. The number of aromatic hydroxyl groups is 1. The monoisotopic (exact) mass is 527 g/mol. The molecule has 37 heavy (non-hydrogen) atoms. The van der Waals surface area contributed by atoms with E-state index in [2.05, 4.69) is 17.4 Å². The van der Waals surface area contributed by atoms with Gasteiger partial charge in [-0.2, -0.15) is 0 Å². The van der Waals surface area contributed by atoms with E-state index in [9.17, 15) is 23.7 Å². The lowest BCUT2D eigenvalue weighted by molar-refractivity contribution is 0.117. The highest BCUT2D eigenvalue weighted by molar-refractivity contribution is 7.90. The van der Waals surface area contributed by atoms with E-state index in [1.54, 1.807) is 30.3 Å². The Bertz CT molecular complexity index is 1240. The van der Waals surface area contributed by atoms with Gasteiger partial charge in [0.25, 0.3) is 0 Å². The number of nitrogens with one attached hydrogen (secondary N) is 1. The molecule has 3 rings (SSSR count). The van der Waals surface area contributed by atoms with Crippen molar-refractivity contribution in [3.05, 3.63) is 94.5 Å². The Labute approximate surface area is 219 Å². The number of rotatable bonds is 15. The van der Waals surface area contributed by atoms with Crippen LogP contribution in [0.2, 0.25) is 0 Å². The smallest absolute Gasteiger partial charge is 0.175 e. The third-order valence-electron chi connectivity index (χ3n) is 6.18. The van der Waals surface area contributed by atoms with Crippen LogP contribution < -0.4 is 5.32 Å². The second-order valence-electron chi connectivity index (χ2n) is 9.27. The van der Waals surface area contributed by atoms with Crippen molar-refractivity contribution in [2.45, 2.75) is 49.9 Å². The van der Waals surface area contributed by atoms with Gasteiger partial charge in [-0.25, -0.2) is 8.42 Å². The summed E-state index contributed by atoms with van der Waals surface area (Å²) in [4.78, 5) is 0.362. The predicted molar refractivity (Wildman–Crippen MR) is 144 cm³/mol. The highest BCUT2D eigenvalue weighted by Gasteiger charge is 2.10. The average Bonchev–Trinajstić information content (AvgIpc) is 2.88. The summed E-state index contributed by atoms with van der Waals surface area (Å²) in [6.07, 6.45) is 3.95. The largest absolute Gasteiger partial charge is 0.508 e. The number of sulfone groups is 1. The van der Waals surface area contributed by atoms with Crippen molar-refractivity contribution in [2.24, 2.45) is 0 Å². The molecule has 0 aromatic heterocycles. The molecule has 0 saturated heterocycles. The molecule has 3 aromatic rings. The Morgan fingerprint density at radius 1 is 0.919 bits per heavy atom. The van der Waals surface area contributed by atoms with Gasteiger partial charge in [0, 0.05) is 25.0 Å². The summed E-state index contributed by atoms with van der Waals surface area (Å²) in [6, 6.07) is 20.1. The van der Waals surface area contributed by atoms with Crippen molar-refractivity contribution in [3.8, 4) is 5.75 Å². The molecular formula is C29H37NO6S. The van der Waals surface area contributed by atoms with Crippen molar-refractivity contribution < 1.29 is 28.5 Å². The predicted octanol–water partition coefficient (Wildman–Crippen LogP) is 3.69. The minimum absolute atomic E-state index is 0.0208. The van der Waals surface area contributed by atoms with Crippen LogP contribution in [0.3, 0.4) is 0 Å². The number of hydrogen-bond donors (Lipinski definition) is 4. The molecule has 0 amide bonds. The van der Waals surface area contributed by atoms with Crippen LogP contribution in [-0.2, 0) is 40.6 Å². The zero-order chi connectivity index (χ0) is 26.7. The first kappa shape index (κ1) is 28.8. The lowest BCUT2D eigenvalue weighted by Gasteiger charge is -2.14. The number of benzene rings is 3. The summed E-state index contributed by atoms with van der Waals surface area (Å²) in [5.74, 6) is 0.0208. The molecule has 0 radical (unpaired) electrons. The summed E-state index contributed by atoms with van der Waals surface area (Å²) in [6.45, 7) is 1.98. The van der Waals surface area contributed by atoms with E-state index in [4.69, 9.17) is 4.74 Å². The molecule has 8 heteroatoms. The van der Waals surface area contributed by atoms with E-state index in [1.807, 2.05) is 18.2 Å². The Balaban J connectivity index is 1.33. The Morgan fingerprint density at radius 2 is 1.65 bits per heavy atom. The quantitative estimate of drug-likeness (QED) is 0.223. The van der Waals surface area contributed by atoms with Crippen molar-refractivity contribution in [1.82, 2.24) is 5.32 Å². The van der Waals surface area contributed by atoms with Crippen LogP contribution in [0.1, 0.15) is 46.8 Å². The SMILES string of the molecule is CS(=O)(=O)c1cccc(CCCCOCc2cccc(CCNC[C@H](O)c3ccc(O)c(CO)c3)c2)c1. The van der Waals surface area contributed by atoms with Crippen molar-refractivity contribution >= 4 is 9.84 Å². The minimum Gasteiger partial charge on any atom is -0.508 e. The summed E-state index contributed by atoms with van der Waals surface area (Å²) in [7, 11) is -3.18. The summed E-state index contributed by atoms with van der Waals surface area (Å²) < 4.78 is 29.2. The second-order valence-corrected chi connectivity index (χ2v) is 11.3. The van der Waals surface area contributed by atoms with Gasteiger partial charge in [-0.1, -0.05) is 42.5 Å². The Kier molecular flexibility index (Phi) is 11.1. The highest BCUT2D eigenvalue weighted by atomic mass is 32.2. The zero-order valence-corrected chi connectivity index (χ0v) is 22.1. The van der Waals surface area contributed by atoms with Crippen LogP contribution in [0.4, 0.5) is 0 Å². The number of aliphatic hydroxyl groups is 2. The number of aliphatic hydroxyl groups excluding tert-OH is 2. The van der Waals surface area contributed by atoms with E-state index >= 15 is 0 Å². The highest BCUT2D eigenvalue weighted by Crippen LogP contribution is 2.22. The second kappa shape index (κ2) is 14.3. The molecule has 7 nitrogen and oxygen atoms in total. The summed E-state index contributed by atoms with van der Waals surface area (Å²) >= 11 is 0. The first-order valence-electron chi connectivity index (χ1n) is 12.5. The van der Waals surface area contributed by atoms with Gasteiger partial charge in [-0.15, -0.1) is 0 Å². The topological polar surface area (TPSA) is 116 Å². The van der Waals surface area contributed by atoms with Crippen LogP contribution >= 0.6 is 0 Å². The minimum atomic E-state index is -3.18. The van der Waals surface area contributed by atoms with E-state index in [0.29, 0.717) is 42.3 Å². The van der Waals surface area contributed by atoms with Crippen LogP contribution in [-0.4, -0.2) is 49.7 Å². The molecule has 4 N–H and O–H groups in total. The first-order valence-corrected chi connectivity index (χ1v) is 14.4. The van der Waals surface area contributed by atoms with Gasteiger partial charge in [0.15, 0.2) is 9.84 Å². The number of hydrogen-bond acceptors (Lipinski definition) is 7. The molecule has 0 fully saturated rings. The van der Waals surface area contributed by atoms with Gasteiger partial charge >= 0.3 is 0 Å². The third-order valence-corrected chi connectivity index (χ3v) is 7.29. The van der Waals surface area contributed by atoms with E-state index in [-0.39, 0.29) is 12.4 Å². The van der Waals surface area contributed by atoms with Crippen molar-refractivity contribution in [3.63, 3.8) is 0 Å². The molecule has 0 heterocycles. The summed E-state index contributed by atoms with van der Waals surface area (Å²) in [5.41, 5.74) is 4.36. The number of ether oxygens (including phenoxy) is 1. The normalized spacial score (nSPS) is 12.5. The van der Waals surface area contributed by atoms with Crippen LogP contribution in [0.15, 0.2) is 71.6 Å². The first-order chi connectivity index (χ1) is 17.8. The number of unbranched alkanes of at least 4 members (excludes halogenated alkanes) is 1. The maximum atomic E-state index is 11.7. The molecule has 0 unspecified atom stereocenters. The molecule has 1 atom stereocenters. The molecule has 0 aliphatic rings. The van der Waals surface area contributed by atoms with Gasteiger partial charge in [0.05, 0.1) is 24.2 Å². The van der Waals surface area contributed by atoms with Gasteiger partial charge in [-0.05, 0) is 78.7 Å². The maximum Gasteiger partial charge on any atom is 0.175 e. The Morgan fingerprint density at radius 3 is 2.41 bits per heavy atom. The fourth-order valence-corrected chi connectivity index (χ4v) is 4.75. The van der Waals surface area contributed by atoms with Crippen molar-refractivity contribution in [2.75, 3.05) is 26.0 Å². The van der Waals surface area contributed by atoms with Gasteiger partial charge < -0.3 is 25.4 Å². The summed E-state index contributed by atoms with van der Waals surface area (Å²) in [5, 5.41) is 32.6. The van der Waals surface area contributed by atoms with Gasteiger partial charge in [0.2, 0.25) is 0 Å². The van der Waals surface area contributed by atoms with E-state index < -0.39 is 15.9 Å². The zero-order valence-electron chi connectivity index (χ0n) is 21.3. The molecule has 0 saturated carbocycles. The maximum absolute atomic E-state index is 11.7. The lowest BCUT2D eigenvalue weighted by atomic mass is 10.0. The van der Waals surface area contributed by atoms with Crippen LogP contribution in [0.25, 0.3) is 0 Å². The number of aryl methyl sites for hydroxylation is 1. The fraction of sp³-hybridized carbons (Fsp3) is 0.379. The molecular weight excluding hydrogens is 490 g/mol. The van der Waals surface area contributed by atoms with E-state index in [0.717, 1.165) is 36.8 Å². The lowest BCUT2D eigenvalue weighted by Crippen LogP contribution is -2.23. The molecule has 0 spiro atoms. The van der Waals surface area contributed by atoms with Gasteiger partial charge in [-0.3, -0.25) is 0 Å². The van der Waals surface area contributed by atoms with Crippen LogP contribution in [0, 0.1) is 0 Å². The number of phenols is 1. The van der Waals surface area contributed by atoms with Crippen LogP contribution in [0.5, 0.6) is 5.75 Å². The fourth-order valence-electron chi connectivity index (χ4n) is 4.06. The molecule has 0 bridgehead atoms.